The Morgan fingerprint density at radius 3 is 2.22 bits per heavy atom. The van der Waals surface area contributed by atoms with Gasteiger partial charge in [-0.05, 0) is 26.0 Å². The fraction of sp³-hybridized carbons (Fsp3) is 0.250. The molecule has 0 aliphatic rings. The minimum Gasteiger partial charge on any atom is -0.462 e. The summed E-state index contributed by atoms with van der Waals surface area (Å²) in [6, 6.07) is 2.70. The number of fused-ring (bicyclic) bond motifs is 1. The molecule has 0 spiro atoms. The maximum Gasteiger partial charge on any atom is 0.347 e. The predicted molar refractivity (Wildman–Crippen MR) is 99.6 cm³/mol. The van der Waals surface area contributed by atoms with Crippen molar-refractivity contribution in [3.63, 3.8) is 0 Å². The SMILES string of the molecule is CCOC(=O)C(=CNn1c(=O)c(=O)[nH]c2cc(Cl)c(Cl)cc21)C(=O)OCC. The first-order valence-electron chi connectivity index (χ1n) is 7.75. The third-order valence-electron chi connectivity index (χ3n) is 3.25. The molecule has 0 aliphatic carbocycles. The summed E-state index contributed by atoms with van der Waals surface area (Å²) in [4.78, 5) is 50.4. The topological polar surface area (TPSA) is 119 Å². The van der Waals surface area contributed by atoms with Gasteiger partial charge in [0, 0.05) is 6.20 Å². The lowest BCUT2D eigenvalue weighted by atomic mass is 10.3. The van der Waals surface area contributed by atoms with Crippen LogP contribution in [0.25, 0.3) is 11.0 Å². The van der Waals surface area contributed by atoms with Crippen molar-refractivity contribution in [2.24, 2.45) is 0 Å². The Morgan fingerprint density at radius 2 is 1.67 bits per heavy atom. The number of H-pyrrole nitrogens is 1. The molecular weight excluding hydrogens is 401 g/mol. The lowest BCUT2D eigenvalue weighted by Gasteiger charge is -2.12. The summed E-state index contributed by atoms with van der Waals surface area (Å²) in [5.74, 6) is -1.90. The predicted octanol–water partition coefficient (Wildman–Crippen LogP) is 1.55. The standard InChI is InChI=1S/C16H15Cl2N3O6/c1-3-26-15(24)8(16(25)27-4-2)7-19-21-12-6-10(18)9(17)5-11(12)20-13(22)14(21)23/h5-7,19H,3-4H2,1-2H3,(H,20,22). The summed E-state index contributed by atoms with van der Waals surface area (Å²) < 4.78 is 10.4. The quantitative estimate of drug-likeness (QED) is 0.241. The number of nitrogens with one attached hydrogen (secondary N) is 2. The van der Waals surface area contributed by atoms with Crippen molar-refractivity contribution in [3.8, 4) is 0 Å². The number of carbonyl (C=O) groups excluding carboxylic acids is 2. The van der Waals surface area contributed by atoms with Crippen LogP contribution in [0.3, 0.4) is 0 Å². The molecule has 27 heavy (non-hydrogen) atoms. The van der Waals surface area contributed by atoms with Gasteiger partial charge in [0.05, 0.1) is 34.3 Å². The first-order chi connectivity index (χ1) is 12.8. The molecule has 0 bridgehead atoms. The average molecular weight is 416 g/mol. The number of carbonyl (C=O) groups is 2. The van der Waals surface area contributed by atoms with Crippen molar-refractivity contribution in [3.05, 3.63) is 54.7 Å². The molecule has 144 valence electrons. The molecule has 2 rings (SSSR count). The number of benzene rings is 1. The molecule has 1 aromatic heterocycles. The number of hydrogen-bond acceptors (Lipinski definition) is 7. The second-order valence-electron chi connectivity index (χ2n) is 5.01. The van der Waals surface area contributed by atoms with Gasteiger partial charge < -0.3 is 14.5 Å². The van der Waals surface area contributed by atoms with E-state index in [4.69, 9.17) is 32.7 Å². The van der Waals surface area contributed by atoms with Crippen molar-refractivity contribution in [2.45, 2.75) is 13.8 Å². The molecule has 2 aromatic rings. The highest BCUT2D eigenvalue weighted by atomic mass is 35.5. The number of nitrogens with zero attached hydrogens (tertiary/aromatic N) is 1. The lowest BCUT2D eigenvalue weighted by molar-refractivity contribution is -0.146. The lowest BCUT2D eigenvalue weighted by Crippen LogP contribution is -2.39. The first-order valence-corrected chi connectivity index (χ1v) is 8.50. The van der Waals surface area contributed by atoms with E-state index in [0.29, 0.717) is 0 Å². The van der Waals surface area contributed by atoms with Crippen molar-refractivity contribution < 1.29 is 19.1 Å². The van der Waals surface area contributed by atoms with E-state index in [9.17, 15) is 19.2 Å². The summed E-state index contributed by atoms with van der Waals surface area (Å²) in [7, 11) is 0. The van der Waals surface area contributed by atoms with Crippen LogP contribution in [0.15, 0.2) is 33.5 Å². The molecule has 9 nitrogen and oxygen atoms in total. The average Bonchev–Trinajstić information content (AvgIpc) is 2.60. The van der Waals surface area contributed by atoms with Gasteiger partial charge in [0.15, 0.2) is 5.57 Å². The summed E-state index contributed by atoms with van der Waals surface area (Å²) in [6.07, 6.45) is 0.915. The number of halogens is 2. The molecule has 0 saturated carbocycles. The van der Waals surface area contributed by atoms with E-state index in [-0.39, 0.29) is 34.3 Å². The Morgan fingerprint density at radius 1 is 1.11 bits per heavy atom. The van der Waals surface area contributed by atoms with Crippen LogP contribution in [0.2, 0.25) is 10.0 Å². The van der Waals surface area contributed by atoms with Crippen LogP contribution in [0.1, 0.15) is 13.8 Å². The minimum absolute atomic E-state index is 0.0254. The highest BCUT2D eigenvalue weighted by Gasteiger charge is 2.21. The van der Waals surface area contributed by atoms with Gasteiger partial charge >= 0.3 is 23.1 Å². The molecular formula is C16H15Cl2N3O6. The van der Waals surface area contributed by atoms with E-state index in [0.717, 1.165) is 10.9 Å². The van der Waals surface area contributed by atoms with Gasteiger partial charge in [-0.3, -0.25) is 15.0 Å². The molecule has 0 fully saturated rings. The van der Waals surface area contributed by atoms with E-state index in [1.165, 1.54) is 12.1 Å². The largest absolute Gasteiger partial charge is 0.462 e. The summed E-state index contributed by atoms with van der Waals surface area (Å²) in [5.41, 5.74) is 0.385. The van der Waals surface area contributed by atoms with E-state index < -0.39 is 28.6 Å². The normalized spacial score (nSPS) is 10.4. The van der Waals surface area contributed by atoms with Gasteiger partial charge in [0.25, 0.3) is 0 Å². The van der Waals surface area contributed by atoms with E-state index in [1.807, 2.05) is 0 Å². The molecule has 0 saturated heterocycles. The second-order valence-corrected chi connectivity index (χ2v) is 5.82. The molecule has 0 radical (unpaired) electrons. The maximum absolute atomic E-state index is 12.2. The highest BCUT2D eigenvalue weighted by molar-refractivity contribution is 6.42. The van der Waals surface area contributed by atoms with Crippen LogP contribution in [0, 0.1) is 0 Å². The molecule has 0 unspecified atom stereocenters. The first kappa shape index (κ1) is 20.5. The number of aromatic amines is 1. The molecule has 0 atom stereocenters. The van der Waals surface area contributed by atoms with Gasteiger partial charge in [-0.15, -0.1) is 0 Å². The Bertz CT molecular complexity index is 1020. The number of rotatable bonds is 6. The Kier molecular flexibility index (Phi) is 6.65. The Labute approximate surface area is 162 Å². The summed E-state index contributed by atoms with van der Waals surface area (Å²) in [6.45, 7) is 3.18. The van der Waals surface area contributed by atoms with Gasteiger partial charge in [0.2, 0.25) is 0 Å². The van der Waals surface area contributed by atoms with E-state index in [1.54, 1.807) is 13.8 Å². The summed E-state index contributed by atoms with van der Waals surface area (Å²) in [5, 5.41) is 0.297. The Hall–Kier alpha value is -2.78. The van der Waals surface area contributed by atoms with Gasteiger partial charge in [-0.25, -0.2) is 14.3 Å². The molecule has 1 heterocycles. The fourth-order valence-corrected chi connectivity index (χ4v) is 2.41. The van der Waals surface area contributed by atoms with Crippen LogP contribution in [-0.2, 0) is 19.1 Å². The van der Waals surface area contributed by atoms with Crippen molar-refractivity contribution in [2.75, 3.05) is 18.6 Å². The number of aromatic nitrogens is 2. The van der Waals surface area contributed by atoms with Crippen molar-refractivity contribution >= 4 is 46.2 Å². The zero-order valence-electron chi connectivity index (χ0n) is 14.3. The van der Waals surface area contributed by atoms with Crippen LogP contribution >= 0.6 is 23.2 Å². The number of esters is 2. The van der Waals surface area contributed by atoms with Crippen LogP contribution in [-0.4, -0.2) is 34.8 Å². The van der Waals surface area contributed by atoms with Crippen molar-refractivity contribution in [1.82, 2.24) is 9.66 Å². The summed E-state index contributed by atoms with van der Waals surface area (Å²) >= 11 is 11.9. The van der Waals surface area contributed by atoms with Gasteiger partial charge in [-0.2, -0.15) is 0 Å². The molecule has 2 N–H and O–H groups in total. The zero-order valence-corrected chi connectivity index (χ0v) is 15.8. The van der Waals surface area contributed by atoms with Crippen LogP contribution < -0.4 is 16.5 Å². The molecule has 0 amide bonds. The maximum atomic E-state index is 12.2. The smallest absolute Gasteiger partial charge is 0.347 e. The third kappa shape index (κ3) is 4.50. The number of hydrogen-bond donors (Lipinski definition) is 2. The van der Waals surface area contributed by atoms with Gasteiger partial charge in [0.1, 0.15) is 0 Å². The Balaban J connectivity index is 2.59. The highest BCUT2D eigenvalue weighted by Crippen LogP contribution is 2.25. The van der Waals surface area contributed by atoms with Crippen LogP contribution in [0.4, 0.5) is 0 Å². The van der Waals surface area contributed by atoms with Gasteiger partial charge in [-0.1, -0.05) is 23.2 Å². The van der Waals surface area contributed by atoms with E-state index >= 15 is 0 Å². The number of ether oxygens (including phenoxy) is 2. The van der Waals surface area contributed by atoms with E-state index in [2.05, 4.69) is 10.4 Å². The molecule has 0 aliphatic heterocycles. The van der Waals surface area contributed by atoms with Crippen LogP contribution in [0.5, 0.6) is 0 Å². The third-order valence-corrected chi connectivity index (χ3v) is 3.98. The monoisotopic (exact) mass is 415 g/mol. The fourth-order valence-electron chi connectivity index (χ4n) is 2.08. The van der Waals surface area contributed by atoms with Crippen molar-refractivity contribution in [1.29, 1.82) is 0 Å². The zero-order chi connectivity index (χ0) is 20.1. The minimum atomic E-state index is -0.996. The molecule has 11 heteroatoms. The second kappa shape index (κ2) is 8.74. The molecule has 1 aromatic carbocycles.